The van der Waals surface area contributed by atoms with Gasteiger partial charge in [0.05, 0.1) is 6.54 Å². The molecule has 1 amide bonds. The van der Waals surface area contributed by atoms with Crippen molar-refractivity contribution in [3.05, 3.63) is 78.6 Å². The zero-order valence-corrected chi connectivity index (χ0v) is 16.8. The second-order valence-electron chi connectivity index (χ2n) is 7.16. The number of hydrogen-bond acceptors (Lipinski definition) is 6. The minimum atomic E-state index is -0.0163. The van der Waals surface area contributed by atoms with Crippen molar-refractivity contribution in [1.82, 2.24) is 14.9 Å². The maximum absolute atomic E-state index is 12.4. The molecule has 1 aromatic heterocycles. The van der Waals surface area contributed by atoms with Crippen LogP contribution in [-0.4, -0.2) is 53.5 Å². The summed E-state index contributed by atoms with van der Waals surface area (Å²) in [5.74, 6) is 1.50. The van der Waals surface area contributed by atoms with Gasteiger partial charge in [-0.05, 0) is 35.9 Å². The summed E-state index contributed by atoms with van der Waals surface area (Å²) in [6.07, 6.45) is 3.50. The van der Waals surface area contributed by atoms with Gasteiger partial charge in [-0.1, -0.05) is 30.3 Å². The standard InChI is InChI=1S/C23H25N5O2/c29-22(17-27-13-15-28(16-14-27)23-24-11-4-12-25-23)26-20-7-9-21(10-8-20)30-18-19-5-2-1-3-6-19/h1-12H,13-18H2,(H,26,29). The molecule has 7 nitrogen and oxygen atoms in total. The Morgan fingerprint density at radius 2 is 1.60 bits per heavy atom. The molecule has 0 atom stereocenters. The Kier molecular flexibility index (Phi) is 6.51. The van der Waals surface area contributed by atoms with Crippen LogP contribution in [0.25, 0.3) is 0 Å². The first-order valence-electron chi connectivity index (χ1n) is 10.1. The molecule has 1 saturated heterocycles. The number of piperazine rings is 1. The van der Waals surface area contributed by atoms with E-state index in [2.05, 4.69) is 25.1 Å². The molecule has 1 fully saturated rings. The maximum atomic E-state index is 12.4. The topological polar surface area (TPSA) is 70.6 Å². The SMILES string of the molecule is O=C(CN1CCN(c2ncccn2)CC1)Nc1ccc(OCc2ccccc2)cc1. The molecular weight excluding hydrogens is 378 g/mol. The summed E-state index contributed by atoms with van der Waals surface area (Å²) in [7, 11) is 0. The lowest BCUT2D eigenvalue weighted by Gasteiger charge is -2.34. The third-order valence-corrected chi connectivity index (χ3v) is 4.96. The Hall–Kier alpha value is -3.45. The van der Waals surface area contributed by atoms with E-state index in [0.29, 0.717) is 13.2 Å². The molecule has 0 spiro atoms. The van der Waals surface area contributed by atoms with Crippen molar-refractivity contribution in [3.63, 3.8) is 0 Å². The summed E-state index contributed by atoms with van der Waals surface area (Å²) in [5, 5.41) is 2.96. The van der Waals surface area contributed by atoms with E-state index in [1.165, 1.54) is 0 Å². The highest BCUT2D eigenvalue weighted by Gasteiger charge is 2.20. The zero-order valence-electron chi connectivity index (χ0n) is 16.8. The third kappa shape index (κ3) is 5.55. The second kappa shape index (κ2) is 9.84. The fourth-order valence-corrected chi connectivity index (χ4v) is 3.34. The van der Waals surface area contributed by atoms with Crippen molar-refractivity contribution < 1.29 is 9.53 Å². The van der Waals surface area contributed by atoms with Crippen molar-refractivity contribution in [3.8, 4) is 5.75 Å². The molecule has 1 N–H and O–H groups in total. The molecular formula is C23H25N5O2. The van der Waals surface area contributed by atoms with E-state index in [0.717, 1.165) is 49.1 Å². The lowest BCUT2D eigenvalue weighted by Crippen LogP contribution is -2.49. The number of rotatable bonds is 7. The van der Waals surface area contributed by atoms with Crippen LogP contribution in [0.15, 0.2) is 73.1 Å². The number of nitrogens with zero attached hydrogens (tertiary/aromatic N) is 4. The Morgan fingerprint density at radius 1 is 0.900 bits per heavy atom. The second-order valence-corrected chi connectivity index (χ2v) is 7.16. The quantitative estimate of drug-likeness (QED) is 0.654. The van der Waals surface area contributed by atoms with E-state index in [4.69, 9.17) is 4.74 Å². The van der Waals surface area contributed by atoms with Crippen molar-refractivity contribution in [2.75, 3.05) is 42.9 Å². The van der Waals surface area contributed by atoms with E-state index in [1.807, 2.05) is 60.7 Å². The third-order valence-electron chi connectivity index (χ3n) is 4.96. The van der Waals surface area contributed by atoms with E-state index in [1.54, 1.807) is 12.4 Å². The predicted molar refractivity (Wildman–Crippen MR) is 117 cm³/mol. The monoisotopic (exact) mass is 403 g/mol. The molecule has 0 saturated carbocycles. The summed E-state index contributed by atoms with van der Waals surface area (Å²) in [4.78, 5) is 25.3. The molecule has 3 aromatic rings. The molecule has 0 bridgehead atoms. The normalized spacial score (nSPS) is 14.3. The van der Waals surface area contributed by atoms with Crippen LogP contribution < -0.4 is 15.0 Å². The minimum absolute atomic E-state index is 0.0163. The van der Waals surface area contributed by atoms with Crippen molar-refractivity contribution >= 4 is 17.5 Å². The van der Waals surface area contributed by atoms with E-state index < -0.39 is 0 Å². The molecule has 0 unspecified atom stereocenters. The van der Waals surface area contributed by atoms with Crippen LogP contribution in [0.3, 0.4) is 0 Å². The van der Waals surface area contributed by atoms with E-state index >= 15 is 0 Å². The molecule has 4 rings (SSSR count). The Morgan fingerprint density at radius 3 is 2.30 bits per heavy atom. The van der Waals surface area contributed by atoms with Crippen LogP contribution in [0.5, 0.6) is 5.75 Å². The minimum Gasteiger partial charge on any atom is -0.489 e. The van der Waals surface area contributed by atoms with Crippen LogP contribution in [0.2, 0.25) is 0 Å². The highest BCUT2D eigenvalue weighted by molar-refractivity contribution is 5.92. The first-order chi connectivity index (χ1) is 14.8. The Labute approximate surface area is 176 Å². The fraction of sp³-hybridized carbons (Fsp3) is 0.261. The summed E-state index contributed by atoms with van der Waals surface area (Å²) >= 11 is 0. The van der Waals surface area contributed by atoms with E-state index in [9.17, 15) is 4.79 Å². The molecule has 1 aliphatic rings. The number of benzene rings is 2. The van der Waals surface area contributed by atoms with Crippen LogP contribution in [-0.2, 0) is 11.4 Å². The number of amides is 1. The molecule has 7 heteroatoms. The van der Waals surface area contributed by atoms with Crippen LogP contribution in [0, 0.1) is 0 Å². The van der Waals surface area contributed by atoms with Gasteiger partial charge in [-0.3, -0.25) is 9.69 Å². The van der Waals surface area contributed by atoms with Gasteiger partial charge < -0.3 is 15.0 Å². The van der Waals surface area contributed by atoms with Crippen LogP contribution in [0.1, 0.15) is 5.56 Å². The Bertz CT molecular complexity index is 927. The van der Waals surface area contributed by atoms with Gasteiger partial charge in [0.1, 0.15) is 12.4 Å². The number of carbonyl (C=O) groups is 1. The van der Waals surface area contributed by atoms with Gasteiger partial charge in [0.15, 0.2) is 0 Å². The zero-order chi connectivity index (χ0) is 20.6. The van der Waals surface area contributed by atoms with Gasteiger partial charge >= 0.3 is 0 Å². The van der Waals surface area contributed by atoms with Gasteiger partial charge in [0.2, 0.25) is 11.9 Å². The molecule has 1 aliphatic heterocycles. The molecule has 0 aliphatic carbocycles. The smallest absolute Gasteiger partial charge is 0.238 e. The van der Waals surface area contributed by atoms with Gasteiger partial charge in [0, 0.05) is 44.3 Å². The Balaban J connectivity index is 1.21. The van der Waals surface area contributed by atoms with Gasteiger partial charge in [0.25, 0.3) is 0 Å². The fourth-order valence-electron chi connectivity index (χ4n) is 3.34. The summed E-state index contributed by atoms with van der Waals surface area (Å²) in [6.45, 7) is 4.12. The highest BCUT2D eigenvalue weighted by atomic mass is 16.5. The number of ether oxygens (including phenoxy) is 1. The maximum Gasteiger partial charge on any atom is 0.238 e. The molecule has 2 heterocycles. The number of hydrogen-bond donors (Lipinski definition) is 1. The average Bonchev–Trinajstić information content (AvgIpc) is 2.80. The van der Waals surface area contributed by atoms with Crippen molar-refractivity contribution in [1.29, 1.82) is 0 Å². The van der Waals surface area contributed by atoms with Gasteiger partial charge in [-0.15, -0.1) is 0 Å². The first-order valence-corrected chi connectivity index (χ1v) is 10.1. The van der Waals surface area contributed by atoms with Gasteiger partial charge in [-0.25, -0.2) is 9.97 Å². The molecule has 154 valence electrons. The first kappa shape index (κ1) is 19.8. The van der Waals surface area contributed by atoms with E-state index in [-0.39, 0.29) is 5.91 Å². The number of carbonyl (C=O) groups excluding carboxylic acids is 1. The summed E-state index contributed by atoms with van der Waals surface area (Å²) in [5.41, 5.74) is 1.89. The van der Waals surface area contributed by atoms with Gasteiger partial charge in [-0.2, -0.15) is 0 Å². The van der Waals surface area contributed by atoms with Crippen LogP contribution >= 0.6 is 0 Å². The van der Waals surface area contributed by atoms with Crippen molar-refractivity contribution in [2.24, 2.45) is 0 Å². The number of aromatic nitrogens is 2. The highest BCUT2D eigenvalue weighted by Crippen LogP contribution is 2.17. The van der Waals surface area contributed by atoms with Crippen molar-refractivity contribution in [2.45, 2.75) is 6.61 Å². The lowest BCUT2D eigenvalue weighted by molar-refractivity contribution is -0.117. The average molecular weight is 403 g/mol. The lowest BCUT2D eigenvalue weighted by atomic mass is 10.2. The predicted octanol–water partition coefficient (Wildman–Crippen LogP) is 2.82. The van der Waals surface area contributed by atoms with Crippen LogP contribution in [0.4, 0.5) is 11.6 Å². The number of nitrogens with one attached hydrogen (secondary N) is 1. The molecule has 30 heavy (non-hydrogen) atoms. The summed E-state index contributed by atoms with van der Waals surface area (Å²) in [6, 6.07) is 19.3. The largest absolute Gasteiger partial charge is 0.489 e. The molecule has 0 radical (unpaired) electrons. The number of anilines is 2. The summed E-state index contributed by atoms with van der Waals surface area (Å²) < 4.78 is 5.78. The molecule has 2 aromatic carbocycles.